The summed E-state index contributed by atoms with van der Waals surface area (Å²) in [5.41, 5.74) is 5.41. The van der Waals surface area contributed by atoms with Crippen molar-refractivity contribution in [2.24, 2.45) is 0 Å². The molecular weight excluding hydrogens is 386 g/mol. The Bertz CT molecular complexity index is 870. The number of halogens is 1. The van der Waals surface area contributed by atoms with Crippen LogP contribution in [-0.2, 0) is 14.4 Å². The SMILES string of the molecule is COc1ccc(OCC(=O)NN[C@H]2CC(=O)N(c3ccc(Cl)cc3)C2=O)cc1. The number of carbonyl (C=O) groups is 3. The van der Waals surface area contributed by atoms with Crippen LogP contribution in [0.3, 0.4) is 0 Å². The number of anilines is 1. The van der Waals surface area contributed by atoms with Crippen LogP contribution in [0.4, 0.5) is 5.69 Å². The van der Waals surface area contributed by atoms with Crippen molar-refractivity contribution in [3.63, 3.8) is 0 Å². The highest BCUT2D eigenvalue weighted by molar-refractivity contribution is 6.30. The van der Waals surface area contributed by atoms with Gasteiger partial charge in [0.25, 0.3) is 11.8 Å². The van der Waals surface area contributed by atoms with Crippen LogP contribution in [-0.4, -0.2) is 37.5 Å². The average Bonchev–Trinajstić information content (AvgIpc) is 2.99. The fourth-order valence-electron chi connectivity index (χ4n) is 2.63. The van der Waals surface area contributed by atoms with E-state index in [9.17, 15) is 14.4 Å². The average molecular weight is 404 g/mol. The molecule has 28 heavy (non-hydrogen) atoms. The van der Waals surface area contributed by atoms with Gasteiger partial charge in [-0.3, -0.25) is 19.8 Å². The molecule has 0 aliphatic carbocycles. The number of hydrazine groups is 1. The van der Waals surface area contributed by atoms with E-state index in [2.05, 4.69) is 10.9 Å². The molecule has 3 rings (SSSR count). The molecular formula is C19H18ClN3O5. The fraction of sp³-hybridized carbons (Fsp3) is 0.211. The highest BCUT2D eigenvalue weighted by Gasteiger charge is 2.39. The highest BCUT2D eigenvalue weighted by atomic mass is 35.5. The Labute approximate surface area is 166 Å². The first-order valence-electron chi connectivity index (χ1n) is 8.41. The van der Waals surface area contributed by atoms with Crippen molar-refractivity contribution in [1.29, 1.82) is 0 Å². The minimum Gasteiger partial charge on any atom is -0.497 e. The number of rotatable bonds is 7. The first-order chi connectivity index (χ1) is 13.5. The Morgan fingerprint density at radius 1 is 1.11 bits per heavy atom. The van der Waals surface area contributed by atoms with Gasteiger partial charge >= 0.3 is 0 Å². The Kier molecular flexibility index (Phi) is 6.13. The van der Waals surface area contributed by atoms with Crippen LogP contribution in [0.15, 0.2) is 48.5 Å². The van der Waals surface area contributed by atoms with Gasteiger partial charge in [-0.2, -0.15) is 0 Å². The van der Waals surface area contributed by atoms with E-state index in [-0.39, 0.29) is 18.9 Å². The molecule has 1 saturated heterocycles. The summed E-state index contributed by atoms with van der Waals surface area (Å²) in [5.74, 6) is -0.136. The number of nitrogens with zero attached hydrogens (tertiary/aromatic N) is 1. The summed E-state index contributed by atoms with van der Waals surface area (Å²) in [4.78, 5) is 37.6. The number of nitrogens with one attached hydrogen (secondary N) is 2. The smallest absolute Gasteiger partial charge is 0.272 e. The second kappa shape index (κ2) is 8.73. The van der Waals surface area contributed by atoms with E-state index in [1.807, 2.05) is 0 Å². The lowest BCUT2D eigenvalue weighted by Crippen LogP contribution is -2.49. The Hall–Kier alpha value is -3.10. The minimum atomic E-state index is -0.854. The molecule has 0 bridgehead atoms. The molecule has 1 aliphatic rings. The van der Waals surface area contributed by atoms with E-state index in [0.29, 0.717) is 22.2 Å². The maximum Gasteiger partial charge on any atom is 0.272 e. The largest absolute Gasteiger partial charge is 0.497 e. The molecule has 0 spiro atoms. The van der Waals surface area contributed by atoms with Crippen molar-refractivity contribution in [2.75, 3.05) is 18.6 Å². The van der Waals surface area contributed by atoms with Crippen molar-refractivity contribution in [3.8, 4) is 11.5 Å². The quantitative estimate of drug-likeness (QED) is 0.539. The lowest BCUT2D eigenvalue weighted by molar-refractivity contribution is -0.125. The van der Waals surface area contributed by atoms with Crippen LogP contribution in [0, 0.1) is 0 Å². The monoisotopic (exact) mass is 403 g/mol. The molecule has 0 aromatic heterocycles. The first kappa shape index (κ1) is 19.7. The van der Waals surface area contributed by atoms with Gasteiger partial charge in [0.15, 0.2) is 6.61 Å². The highest BCUT2D eigenvalue weighted by Crippen LogP contribution is 2.24. The van der Waals surface area contributed by atoms with E-state index >= 15 is 0 Å². The van der Waals surface area contributed by atoms with E-state index in [1.54, 1.807) is 55.6 Å². The summed E-state index contributed by atoms with van der Waals surface area (Å²) in [6.45, 7) is -0.255. The number of hydrogen-bond acceptors (Lipinski definition) is 6. The van der Waals surface area contributed by atoms with E-state index in [0.717, 1.165) is 4.90 Å². The molecule has 0 radical (unpaired) electrons. The molecule has 1 atom stereocenters. The zero-order valence-electron chi connectivity index (χ0n) is 15.0. The van der Waals surface area contributed by atoms with E-state index < -0.39 is 17.9 Å². The summed E-state index contributed by atoms with van der Waals surface area (Å²) in [5, 5.41) is 0.502. The molecule has 8 nitrogen and oxygen atoms in total. The van der Waals surface area contributed by atoms with Crippen molar-refractivity contribution < 1.29 is 23.9 Å². The van der Waals surface area contributed by atoms with Gasteiger partial charge in [-0.25, -0.2) is 10.3 Å². The lowest BCUT2D eigenvalue weighted by atomic mass is 10.2. The molecule has 146 valence electrons. The van der Waals surface area contributed by atoms with Crippen LogP contribution in [0.2, 0.25) is 5.02 Å². The number of imide groups is 1. The van der Waals surface area contributed by atoms with Gasteiger partial charge in [-0.1, -0.05) is 11.6 Å². The standard InChI is InChI=1S/C19H18ClN3O5/c1-27-14-6-8-15(9-7-14)28-11-17(24)22-21-16-10-18(25)23(19(16)26)13-4-2-12(20)3-5-13/h2-9,16,21H,10-11H2,1H3,(H,22,24)/t16-/m0/s1. The van der Waals surface area contributed by atoms with Crippen LogP contribution < -0.4 is 25.2 Å². The third-order valence-corrected chi connectivity index (χ3v) is 4.30. The summed E-state index contributed by atoms with van der Waals surface area (Å²) in [6.07, 6.45) is -0.0684. The normalized spacial score (nSPS) is 16.2. The summed E-state index contributed by atoms with van der Waals surface area (Å²) in [7, 11) is 1.55. The summed E-state index contributed by atoms with van der Waals surface area (Å²) < 4.78 is 10.4. The zero-order valence-corrected chi connectivity index (χ0v) is 15.7. The van der Waals surface area contributed by atoms with Crippen molar-refractivity contribution in [2.45, 2.75) is 12.5 Å². The van der Waals surface area contributed by atoms with Gasteiger partial charge in [0.1, 0.15) is 17.5 Å². The fourth-order valence-corrected chi connectivity index (χ4v) is 2.76. The lowest BCUT2D eigenvalue weighted by Gasteiger charge is -2.16. The Morgan fingerprint density at radius 3 is 2.39 bits per heavy atom. The van der Waals surface area contributed by atoms with Crippen molar-refractivity contribution in [1.82, 2.24) is 10.9 Å². The molecule has 1 fully saturated rings. The maximum absolute atomic E-state index is 12.5. The molecule has 2 aromatic carbocycles. The molecule has 2 aromatic rings. The molecule has 3 amide bonds. The predicted octanol–water partition coefficient (Wildman–Crippen LogP) is 1.68. The second-order valence-electron chi connectivity index (χ2n) is 5.96. The molecule has 1 aliphatic heterocycles. The maximum atomic E-state index is 12.5. The third kappa shape index (κ3) is 4.59. The predicted molar refractivity (Wildman–Crippen MR) is 102 cm³/mol. The van der Waals surface area contributed by atoms with Gasteiger partial charge in [-0.05, 0) is 48.5 Å². The van der Waals surface area contributed by atoms with Gasteiger partial charge < -0.3 is 9.47 Å². The van der Waals surface area contributed by atoms with E-state index in [4.69, 9.17) is 21.1 Å². The summed E-state index contributed by atoms with van der Waals surface area (Å²) >= 11 is 5.83. The van der Waals surface area contributed by atoms with E-state index in [1.165, 1.54) is 0 Å². The van der Waals surface area contributed by atoms with Crippen LogP contribution in [0.25, 0.3) is 0 Å². The van der Waals surface area contributed by atoms with Crippen LogP contribution in [0.1, 0.15) is 6.42 Å². The van der Waals surface area contributed by atoms with Gasteiger partial charge in [0.05, 0.1) is 19.2 Å². The van der Waals surface area contributed by atoms with Gasteiger partial charge in [-0.15, -0.1) is 0 Å². The molecule has 1 heterocycles. The molecule has 9 heteroatoms. The second-order valence-corrected chi connectivity index (χ2v) is 6.39. The number of amides is 3. The number of carbonyl (C=O) groups excluding carboxylic acids is 3. The third-order valence-electron chi connectivity index (χ3n) is 4.05. The topological polar surface area (TPSA) is 97.0 Å². The Morgan fingerprint density at radius 2 is 1.75 bits per heavy atom. The minimum absolute atomic E-state index is 0.0684. The number of ether oxygens (including phenoxy) is 2. The van der Waals surface area contributed by atoms with Crippen LogP contribution in [0.5, 0.6) is 11.5 Å². The Balaban J connectivity index is 1.50. The zero-order chi connectivity index (χ0) is 20.1. The number of hydrogen-bond donors (Lipinski definition) is 2. The number of methoxy groups -OCH3 is 1. The van der Waals surface area contributed by atoms with Crippen LogP contribution >= 0.6 is 11.6 Å². The summed E-state index contributed by atoms with van der Waals surface area (Å²) in [6, 6.07) is 12.3. The van der Waals surface area contributed by atoms with Gasteiger partial charge in [0, 0.05) is 5.02 Å². The molecule has 0 unspecified atom stereocenters. The first-order valence-corrected chi connectivity index (χ1v) is 8.79. The molecule has 2 N–H and O–H groups in total. The van der Waals surface area contributed by atoms with Gasteiger partial charge in [0.2, 0.25) is 5.91 Å². The number of benzene rings is 2. The van der Waals surface area contributed by atoms with Crippen molar-refractivity contribution >= 4 is 35.0 Å². The van der Waals surface area contributed by atoms with Crippen molar-refractivity contribution in [3.05, 3.63) is 53.6 Å². The molecule has 0 saturated carbocycles.